The number of hydrogen-bond acceptors (Lipinski definition) is 6. The summed E-state index contributed by atoms with van der Waals surface area (Å²) in [4.78, 5) is 12.2. The van der Waals surface area contributed by atoms with Crippen LogP contribution in [0.5, 0.6) is 0 Å². The number of carbonyl (C=O) groups is 1. The van der Waals surface area contributed by atoms with Crippen LogP contribution in [-0.4, -0.2) is 33.6 Å². The molecule has 0 aliphatic heterocycles. The molecule has 0 bridgehead atoms. The van der Waals surface area contributed by atoms with Crippen molar-refractivity contribution in [3.05, 3.63) is 53.6 Å². The van der Waals surface area contributed by atoms with Crippen LogP contribution in [0, 0.1) is 11.8 Å². The molecule has 0 aromatic heterocycles. The maximum Gasteiger partial charge on any atom is 0.416 e. The first kappa shape index (κ1) is 29.2. The van der Waals surface area contributed by atoms with E-state index in [1.54, 1.807) is 13.8 Å². The predicted molar refractivity (Wildman–Crippen MR) is 136 cm³/mol. The Kier molecular flexibility index (Phi) is 8.20. The fourth-order valence-corrected chi connectivity index (χ4v) is 7.57. The first-order valence-electron chi connectivity index (χ1n) is 12.0. The van der Waals surface area contributed by atoms with Crippen molar-refractivity contribution in [1.29, 1.82) is 0 Å². The van der Waals surface area contributed by atoms with Crippen molar-refractivity contribution in [2.24, 2.45) is 11.8 Å². The minimum atomic E-state index is -4.63. The van der Waals surface area contributed by atoms with Crippen LogP contribution >= 0.6 is 0 Å². The minimum absolute atomic E-state index is 0.0783. The number of hydrogen-bond donors (Lipinski definition) is 1. The van der Waals surface area contributed by atoms with Gasteiger partial charge in [0, 0.05) is 23.9 Å². The molecular weight excluding hydrogens is 527 g/mol. The number of sulfone groups is 2. The van der Waals surface area contributed by atoms with Crippen LogP contribution in [0.15, 0.2) is 52.3 Å². The molecule has 204 valence electrons. The summed E-state index contributed by atoms with van der Waals surface area (Å²) in [5.41, 5.74) is 5.07. The molecule has 2 aromatic rings. The van der Waals surface area contributed by atoms with Crippen LogP contribution in [0.25, 0.3) is 0 Å². The number of halogens is 3. The first-order valence-corrected chi connectivity index (χ1v) is 15.3. The van der Waals surface area contributed by atoms with Crippen molar-refractivity contribution in [2.45, 2.75) is 73.1 Å². The highest BCUT2D eigenvalue weighted by Crippen LogP contribution is 2.44. The van der Waals surface area contributed by atoms with Crippen LogP contribution < -0.4 is 5.73 Å². The summed E-state index contributed by atoms with van der Waals surface area (Å²) < 4.78 is 88.2. The van der Waals surface area contributed by atoms with E-state index in [0.717, 1.165) is 37.7 Å². The molecule has 0 atom stereocenters. The maximum absolute atomic E-state index is 13.1. The molecule has 1 aliphatic carbocycles. The molecule has 37 heavy (non-hydrogen) atoms. The second-order valence-corrected chi connectivity index (χ2v) is 15.1. The average molecular weight is 560 g/mol. The highest BCUT2D eigenvalue weighted by atomic mass is 32.2. The Labute approximate surface area is 216 Å². The number of alkyl halides is 3. The van der Waals surface area contributed by atoms with E-state index in [2.05, 4.69) is 0 Å². The third-order valence-corrected chi connectivity index (χ3v) is 10.7. The second kappa shape index (κ2) is 10.4. The molecule has 11 heteroatoms. The van der Waals surface area contributed by atoms with E-state index in [-0.39, 0.29) is 39.2 Å². The molecule has 0 saturated heterocycles. The zero-order valence-electron chi connectivity index (χ0n) is 21.0. The smallest absolute Gasteiger partial charge is 0.399 e. The zero-order valence-corrected chi connectivity index (χ0v) is 22.6. The van der Waals surface area contributed by atoms with Crippen LogP contribution in [0.2, 0.25) is 0 Å². The van der Waals surface area contributed by atoms with Crippen molar-refractivity contribution >= 4 is 31.1 Å². The molecule has 1 saturated carbocycles. The Balaban J connectivity index is 1.54. The van der Waals surface area contributed by atoms with Gasteiger partial charge >= 0.3 is 6.18 Å². The largest absolute Gasteiger partial charge is 0.416 e. The molecule has 0 unspecified atom stereocenters. The number of ketones is 1. The van der Waals surface area contributed by atoms with Gasteiger partial charge in [-0.05, 0) is 94.2 Å². The normalized spacial score (nSPS) is 18.9. The average Bonchev–Trinajstić information content (AvgIpc) is 2.75. The van der Waals surface area contributed by atoms with E-state index in [1.165, 1.54) is 24.3 Å². The van der Waals surface area contributed by atoms with E-state index >= 15 is 0 Å². The molecule has 0 amide bonds. The van der Waals surface area contributed by atoms with Crippen molar-refractivity contribution in [3.8, 4) is 0 Å². The monoisotopic (exact) mass is 559 g/mol. The Hall–Kier alpha value is -2.40. The SMILES string of the molecule is CC(C)(CC1CC(CCCC(=O)c2ccc(N)cc2S(C)(=O)=O)C1)S(=O)(=O)c1cccc(C(F)(F)F)c1. The summed E-state index contributed by atoms with van der Waals surface area (Å²) in [5.74, 6) is 0.153. The number of anilines is 1. The fraction of sp³-hybridized carbons (Fsp3) is 0.500. The van der Waals surface area contributed by atoms with E-state index in [1.807, 2.05) is 0 Å². The highest BCUT2D eigenvalue weighted by molar-refractivity contribution is 7.92. The number of nitrogens with two attached hydrogens (primary N) is 1. The van der Waals surface area contributed by atoms with Crippen molar-refractivity contribution in [1.82, 2.24) is 0 Å². The van der Waals surface area contributed by atoms with Gasteiger partial charge in [0.15, 0.2) is 25.5 Å². The van der Waals surface area contributed by atoms with Gasteiger partial charge in [-0.2, -0.15) is 13.2 Å². The lowest BCUT2D eigenvalue weighted by Gasteiger charge is -2.40. The first-order chi connectivity index (χ1) is 16.9. The van der Waals surface area contributed by atoms with E-state index in [0.29, 0.717) is 24.8 Å². The standard InChI is InChI=1S/C26H32F3NO5S2/c1-25(2,37(34,35)21-8-5-7-19(14-21)26(27,28)29)16-18-12-17(13-18)6-4-9-23(31)22-11-10-20(30)15-24(22)36(3,32)33/h5,7-8,10-11,14-15,17-18H,4,6,9,12-13,16,30H2,1-3H3. The van der Waals surface area contributed by atoms with Gasteiger partial charge < -0.3 is 5.73 Å². The second-order valence-electron chi connectivity index (χ2n) is 10.5. The lowest BCUT2D eigenvalue weighted by atomic mass is 9.69. The molecule has 0 spiro atoms. The Morgan fingerprint density at radius 2 is 1.65 bits per heavy atom. The Morgan fingerprint density at radius 3 is 2.24 bits per heavy atom. The highest BCUT2D eigenvalue weighted by Gasteiger charge is 2.42. The predicted octanol–water partition coefficient (Wildman–Crippen LogP) is 5.71. The van der Waals surface area contributed by atoms with E-state index < -0.39 is 36.2 Å². The van der Waals surface area contributed by atoms with Crippen molar-refractivity contribution in [3.63, 3.8) is 0 Å². The van der Waals surface area contributed by atoms with Gasteiger partial charge in [0.2, 0.25) is 0 Å². The fourth-order valence-electron chi connectivity index (χ4n) is 5.00. The maximum atomic E-state index is 13.1. The third kappa shape index (κ3) is 6.73. The number of nitrogen functional groups attached to an aromatic ring is 1. The third-order valence-electron chi connectivity index (χ3n) is 7.03. The molecule has 0 heterocycles. The number of carbonyl (C=O) groups excluding carboxylic acids is 1. The molecule has 0 radical (unpaired) electrons. The summed E-state index contributed by atoms with van der Waals surface area (Å²) in [6.45, 7) is 3.08. The van der Waals surface area contributed by atoms with Gasteiger partial charge in [-0.1, -0.05) is 6.07 Å². The summed E-state index contributed by atoms with van der Waals surface area (Å²) in [6.07, 6.45) is -0.242. The molecule has 2 N–H and O–H groups in total. The number of Topliss-reactive ketones (excluding diaryl/α,β-unsaturated/α-hetero) is 1. The lowest BCUT2D eigenvalue weighted by Crippen LogP contribution is -2.38. The number of rotatable bonds is 10. The van der Waals surface area contributed by atoms with Crippen molar-refractivity contribution in [2.75, 3.05) is 12.0 Å². The van der Waals surface area contributed by atoms with Crippen LogP contribution in [0.3, 0.4) is 0 Å². The molecule has 2 aromatic carbocycles. The zero-order chi connectivity index (χ0) is 27.8. The Bertz CT molecular complexity index is 1380. The number of benzene rings is 2. The van der Waals surface area contributed by atoms with Gasteiger partial charge in [0.25, 0.3) is 0 Å². The van der Waals surface area contributed by atoms with Crippen LogP contribution in [0.1, 0.15) is 68.3 Å². The summed E-state index contributed by atoms with van der Waals surface area (Å²) in [6, 6.07) is 8.05. The van der Waals surface area contributed by atoms with Gasteiger partial charge in [0.1, 0.15) is 0 Å². The van der Waals surface area contributed by atoms with E-state index in [9.17, 15) is 34.8 Å². The summed E-state index contributed by atoms with van der Waals surface area (Å²) >= 11 is 0. The van der Waals surface area contributed by atoms with Gasteiger partial charge in [-0.25, -0.2) is 16.8 Å². The summed E-state index contributed by atoms with van der Waals surface area (Å²) in [5, 5.41) is 0. The minimum Gasteiger partial charge on any atom is -0.399 e. The molecule has 6 nitrogen and oxygen atoms in total. The molecular formula is C26H32F3NO5S2. The van der Waals surface area contributed by atoms with Gasteiger partial charge in [-0.3, -0.25) is 4.79 Å². The topological polar surface area (TPSA) is 111 Å². The van der Waals surface area contributed by atoms with Crippen molar-refractivity contribution < 1.29 is 34.8 Å². The molecule has 3 rings (SSSR count). The lowest BCUT2D eigenvalue weighted by molar-refractivity contribution is -0.137. The van der Waals surface area contributed by atoms with E-state index in [4.69, 9.17) is 5.73 Å². The molecule has 1 fully saturated rings. The molecule has 1 aliphatic rings. The van der Waals surface area contributed by atoms with Gasteiger partial charge in [0.05, 0.1) is 20.1 Å². The summed E-state index contributed by atoms with van der Waals surface area (Å²) in [7, 11) is -7.60. The van der Waals surface area contributed by atoms with Crippen LogP contribution in [0.4, 0.5) is 18.9 Å². The van der Waals surface area contributed by atoms with Gasteiger partial charge in [-0.15, -0.1) is 0 Å². The quantitative estimate of drug-likeness (QED) is 0.295. The Morgan fingerprint density at radius 1 is 1.00 bits per heavy atom. The van der Waals surface area contributed by atoms with Crippen LogP contribution in [-0.2, 0) is 25.9 Å².